The molecule has 82 heavy (non-hydrogen) atoms. The molecule has 9 nitrogen and oxygen atoms in total. The predicted octanol–water partition coefficient (Wildman–Crippen LogP) is 21.9. The molecule has 0 aromatic carbocycles. The van der Waals surface area contributed by atoms with E-state index in [1.807, 2.05) is 33.3 Å². The number of likely N-dealkylation sites (N-methyl/N-ethyl adjacent to an activating group) is 1. The molecule has 0 aromatic rings. The van der Waals surface area contributed by atoms with E-state index in [0.29, 0.717) is 17.4 Å². The minimum absolute atomic E-state index is 0.0151. The molecule has 0 spiro atoms. The van der Waals surface area contributed by atoms with Crippen molar-refractivity contribution in [2.75, 3.05) is 47.5 Å². The lowest BCUT2D eigenvalue weighted by Crippen LogP contribution is -2.37. The van der Waals surface area contributed by atoms with Gasteiger partial charge in [0.1, 0.15) is 19.8 Å². The van der Waals surface area contributed by atoms with Crippen LogP contribution in [-0.2, 0) is 32.7 Å². The number of nitrogens with zero attached hydrogens (tertiary/aromatic N) is 1. The third-order valence-electron chi connectivity index (χ3n) is 14.6. The van der Waals surface area contributed by atoms with Gasteiger partial charge in [-0.05, 0) is 83.5 Å². The summed E-state index contributed by atoms with van der Waals surface area (Å²) >= 11 is 0. The number of carbonyl (C=O) groups is 2. The van der Waals surface area contributed by atoms with E-state index in [4.69, 9.17) is 18.5 Å². The number of rotatable bonds is 62. The summed E-state index contributed by atoms with van der Waals surface area (Å²) in [6.07, 6.45) is 87.0. The Labute approximate surface area is 506 Å². The summed E-state index contributed by atoms with van der Waals surface area (Å²) in [5, 5.41) is 0. The summed E-state index contributed by atoms with van der Waals surface area (Å²) in [4.78, 5) is 35.7. The zero-order chi connectivity index (χ0) is 59.8. The van der Waals surface area contributed by atoms with E-state index in [-0.39, 0.29) is 32.0 Å². The first-order valence-corrected chi connectivity index (χ1v) is 35.5. The zero-order valence-corrected chi connectivity index (χ0v) is 54.8. The Balaban J connectivity index is 3.97. The number of carbonyl (C=O) groups excluding carboxylic acids is 2. The van der Waals surface area contributed by atoms with Gasteiger partial charge in [-0.25, -0.2) is 4.57 Å². The third-order valence-corrected chi connectivity index (χ3v) is 15.6. The molecule has 0 aliphatic heterocycles. The molecule has 474 valence electrons. The van der Waals surface area contributed by atoms with E-state index in [9.17, 15) is 19.0 Å². The van der Waals surface area contributed by atoms with E-state index in [0.717, 1.165) is 64.2 Å². The van der Waals surface area contributed by atoms with Crippen LogP contribution in [0.5, 0.6) is 0 Å². The second kappa shape index (κ2) is 62.5. The second-order valence-corrected chi connectivity index (χ2v) is 25.3. The van der Waals surface area contributed by atoms with Crippen LogP contribution in [0, 0.1) is 0 Å². The van der Waals surface area contributed by atoms with Crippen LogP contribution >= 0.6 is 7.82 Å². The van der Waals surface area contributed by atoms with Crippen LogP contribution in [-0.4, -0.2) is 74.9 Å². The maximum Gasteiger partial charge on any atom is 0.472 e. The Bertz CT molecular complexity index is 1710. The van der Waals surface area contributed by atoms with Gasteiger partial charge in [0.25, 0.3) is 0 Å². The van der Waals surface area contributed by atoms with Gasteiger partial charge in [0.05, 0.1) is 27.7 Å². The molecule has 0 aliphatic rings. The predicted molar refractivity (Wildman–Crippen MR) is 353 cm³/mol. The summed E-state index contributed by atoms with van der Waals surface area (Å²) in [5.41, 5.74) is 0. The lowest BCUT2D eigenvalue weighted by atomic mass is 10.0. The van der Waals surface area contributed by atoms with Gasteiger partial charge in [-0.1, -0.05) is 297 Å². The number of ether oxygens (including phenoxy) is 2. The van der Waals surface area contributed by atoms with Gasteiger partial charge in [0.15, 0.2) is 6.10 Å². The van der Waals surface area contributed by atoms with Gasteiger partial charge in [0.2, 0.25) is 0 Å². The molecule has 2 unspecified atom stereocenters. The Morgan fingerprint density at radius 2 is 0.720 bits per heavy atom. The monoisotopic (exact) mass is 1170 g/mol. The number of phosphoric ester groups is 1. The van der Waals surface area contributed by atoms with Gasteiger partial charge in [-0.3, -0.25) is 18.6 Å². The number of hydrogen-bond acceptors (Lipinski definition) is 7. The molecular formula is C72H129NO8P+. The van der Waals surface area contributed by atoms with Crippen LogP contribution in [0.2, 0.25) is 0 Å². The minimum atomic E-state index is -4.41. The Morgan fingerprint density at radius 3 is 1.09 bits per heavy atom. The highest BCUT2D eigenvalue weighted by Gasteiger charge is 2.27. The minimum Gasteiger partial charge on any atom is -0.462 e. The highest BCUT2D eigenvalue weighted by Crippen LogP contribution is 2.43. The van der Waals surface area contributed by atoms with Crippen LogP contribution in [0.3, 0.4) is 0 Å². The molecule has 1 N–H and O–H groups in total. The first kappa shape index (κ1) is 78.9. The van der Waals surface area contributed by atoms with Gasteiger partial charge < -0.3 is 18.9 Å². The number of phosphoric acid groups is 1. The van der Waals surface area contributed by atoms with Crippen molar-refractivity contribution in [3.8, 4) is 0 Å². The van der Waals surface area contributed by atoms with E-state index >= 15 is 0 Å². The van der Waals surface area contributed by atoms with Crippen LogP contribution in [0.25, 0.3) is 0 Å². The van der Waals surface area contributed by atoms with Crippen molar-refractivity contribution in [1.29, 1.82) is 0 Å². The van der Waals surface area contributed by atoms with Gasteiger partial charge in [-0.2, -0.15) is 0 Å². The molecule has 0 bridgehead atoms. The fourth-order valence-electron chi connectivity index (χ4n) is 9.43. The molecule has 0 aliphatic carbocycles. The second-order valence-electron chi connectivity index (χ2n) is 23.8. The van der Waals surface area contributed by atoms with Crippen LogP contribution < -0.4 is 0 Å². The molecular weight excluding hydrogens is 1040 g/mol. The number of esters is 2. The fourth-order valence-corrected chi connectivity index (χ4v) is 10.2. The van der Waals surface area contributed by atoms with Crippen molar-refractivity contribution in [3.63, 3.8) is 0 Å². The summed E-state index contributed by atoms with van der Waals surface area (Å²) < 4.78 is 34.5. The molecule has 10 heteroatoms. The molecule has 0 fully saturated rings. The first-order valence-electron chi connectivity index (χ1n) is 34.0. The molecule has 0 radical (unpaired) electrons. The molecule has 0 heterocycles. The maximum atomic E-state index is 12.8. The van der Waals surface area contributed by atoms with Crippen LogP contribution in [0.15, 0.2) is 97.2 Å². The molecule has 0 rings (SSSR count). The summed E-state index contributed by atoms with van der Waals surface area (Å²) in [6.45, 7) is 4.24. The zero-order valence-electron chi connectivity index (χ0n) is 54.0. The topological polar surface area (TPSA) is 108 Å². The normalized spacial score (nSPS) is 13.8. The maximum absolute atomic E-state index is 12.8. The van der Waals surface area contributed by atoms with E-state index in [1.54, 1.807) is 0 Å². The van der Waals surface area contributed by atoms with E-state index in [1.165, 1.54) is 199 Å². The lowest BCUT2D eigenvalue weighted by Gasteiger charge is -2.24. The quantitative estimate of drug-likeness (QED) is 0.0211. The van der Waals surface area contributed by atoms with Crippen LogP contribution in [0.1, 0.15) is 296 Å². The standard InChI is InChI=1S/C72H128NO8P/c1-6-8-10-12-14-16-18-20-22-24-26-27-28-29-30-31-32-33-34-35-36-37-38-39-40-41-42-43-44-45-47-48-50-52-54-56-58-60-62-64-71(74)78-68-70(69-80-82(76,77)79-67-66-73(3,4)5)81-72(75)65-63-61-59-57-55-53-51-49-46-25-23-21-19-17-15-13-11-9-7-2/h9,11,15,17-18,20-21,23-24,26,46,49,53,55,59,61,70H,6-8,10,12-14,16,19,22,25,27-45,47-48,50-52,54,56-58,60,62-69H2,1-5H3/p+1/b11-9-,17-15-,20-18-,23-21-,26-24-,49-46-,55-53-,61-59-. The molecule has 0 aromatic heterocycles. The van der Waals surface area contributed by atoms with Crippen molar-refractivity contribution in [2.24, 2.45) is 0 Å². The largest absolute Gasteiger partial charge is 0.472 e. The number of quaternary nitrogens is 1. The smallest absolute Gasteiger partial charge is 0.462 e. The van der Waals surface area contributed by atoms with Crippen molar-refractivity contribution in [2.45, 2.75) is 302 Å². The van der Waals surface area contributed by atoms with Gasteiger partial charge >= 0.3 is 19.8 Å². The highest BCUT2D eigenvalue weighted by atomic mass is 31.2. The molecule has 0 saturated heterocycles. The van der Waals surface area contributed by atoms with Crippen molar-refractivity contribution < 1.29 is 42.1 Å². The first-order chi connectivity index (χ1) is 40.0. The summed E-state index contributed by atoms with van der Waals surface area (Å²) in [7, 11) is 1.43. The highest BCUT2D eigenvalue weighted by molar-refractivity contribution is 7.47. The van der Waals surface area contributed by atoms with E-state index < -0.39 is 26.5 Å². The van der Waals surface area contributed by atoms with Crippen molar-refractivity contribution in [1.82, 2.24) is 0 Å². The van der Waals surface area contributed by atoms with Gasteiger partial charge in [0, 0.05) is 12.8 Å². The van der Waals surface area contributed by atoms with E-state index in [2.05, 4.69) is 98.9 Å². The summed E-state index contributed by atoms with van der Waals surface area (Å²) in [6, 6.07) is 0. The Morgan fingerprint density at radius 1 is 0.390 bits per heavy atom. The summed E-state index contributed by atoms with van der Waals surface area (Å²) in [5.74, 6) is -0.890. The number of allylic oxidation sites excluding steroid dienone is 16. The fraction of sp³-hybridized carbons (Fsp3) is 0.750. The lowest BCUT2D eigenvalue weighted by molar-refractivity contribution is -0.870. The molecule has 2 atom stereocenters. The van der Waals surface area contributed by atoms with Crippen molar-refractivity contribution in [3.05, 3.63) is 97.2 Å². The average molecular weight is 1170 g/mol. The molecule has 0 saturated carbocycles. The Hall–Kier alpha value is -3.07. The Kier molecular flexibility index (Phi) is 60.1. The SMILES string of the molecule is CC/C=C\C/C=C\C/C=C\C/C=C\C/C=C\C/C=C\CCC(=O)OC(COC(=O)CCCCCCCCCCCCCCCCCCCCCCCCCCCCC/C=C\C/C=C\CCCCCCC)COP(=O)(O)OCC[N+](C)(C)C. The average Bonchev–Trinajstić information content (AvgIpc) is 3.46. The molecule has 0 amide bonds. The van der Waals surface area contributed by atoms with Crippen molar-refractivity contribution >= 4 is 19.8 Å². The number of unbranched alkanes of at least 4 members (excludes halogenated alkanes) is 32. The van der Waals surface area contributed by atoms with Crippen LogP contribution in [0.4, 0.5) is 0 Å². The number of hydrogen-bond donors (Lipinski definition) is 1. The van der Waals surface area contributed by atoms with Gasteiger partial charge in [-0.15, -0.1) is 0 Å². The third kappa shape index (κ3) is 66.1.